The van der Waals surface area contributed by atoms with Crippen LogP contribution in [-0.4, -0.2) is 28.0 Å². The Balaban J connectivity index is 1.80. The highest BCUT2D eigenvalue weighted by Gasteiger charge is 2.31. The number of hydrogen-bond acceptors (Lipinski definition) is 5. The van der Waals surface area contributed by atoms with E-state index in [0.29, 0.717) is 25.5 Å². The van der Waals surface area contributed by atoms with Crippen molar-refractivity contribution in [1.82, 2.24) is 9.97 Å². The second-order valence-electron chi connectivity index (χ2n) is 7.67. The molecule has 0 saturated carbocycles. The number of phenolic OH excluding ortho intramolecular Hbond substituents is 1. The number of nitrogens with zero attached hydrogens (tertiary/aromatic N) is 3. The van der Waals surface area contributed by atoms with Crippen LogP contribution in [0.2, 0.25) is 0 Å². The van der Waals surface area contributed by atoms with Gasteiger partial charge in [0.1, 0.15) is 11.5 Å². The van der Waals surface area contributed by atoms with Gasteiger partial charge in [-0.15, -0.1) is 13.2 Å². The van der Waals surface area contributed by atoms with E-state index in [1.54, 1.807) is 30.6 Å². The molecule has 0 unspecified atom stereocenters. The molecule has 0 aliphatic heterocycles. The summed E-state index contributed by atoms with van der Waals surface area (Å²) in [6, 6.07) is 9.52. The van der Waals surface area contributed by atoms with Gasteiger partial charge in [0.25, 0.3) is 0 Å². The zero-order chi connectivity index (χ0) is 23.3. The maximum absolute atomic E-state index is 12.4. The molecule has 0 spiro atoms. The number of phenols is 1. The largest absolute Gasteiger partial charge is 0.573 e. The number of hydrogen-bond donors (Lipinski definition) is 1. The Kier molecular flexibility index (Phi) is 7.22. The predicted molar refractivity (Wildman–Crippen MR) is 117 cm³/mol. The molecule has 170 valence electrons. The van der Waals surface area contributed by atoms with Gasteiger partial charge in [-0.1, -0.05) is 25.1 Å². The zero-order valence-corrected chi connectivity index (χ0v) is 18.3. The first-order chi connectivity index (χ1) is 15.1. The number of benzene rings is 2. The Labute approximate surface area is 185 Å². The van der Waals surface area contributed by atoms with Crippen LogP contribution in [0.15, 0.2) is 48.8 Å². The lowest BCUT2D eigenvalue weighted by atomic mass is 10.0. The summed E-state index contributed by atoms with van der Waals surface area (Å²) in [7, 11) is 0. The smallest absolute Gasteiger partial charge is 0.508 e. The van der Waals surface area contributed by atoms with Crippen molar-refractivity contribution in [2.75, 3.05) is 11.4 Å². The van der Waals surface area contributed by atoms with Crippen LogP contribution in [0.5, 0.6) is 11.5 Å². The zero-order valence-electron chi connectivity index (χ0n) is 18.3. The molecule has 8 heteroatoms. The van der Waals surface area contributed by atoms with E-state index in [0.717, 1.165) is 34.2 Å². The fourth-order valence-electron chi connectivity index (χ4n) is 3.35. The second kappa shape index (κ2) is 9.89. The fraction of sp³-hybridized carbons (Fsp3) is 0.333. The molecule has 0 amide bonds. The van der Waals surface area contributed by atoms with Crippen LogP contribution in [0.4, 0.5) is 19.1 Å². The van der Waals surface area contributed by atoms with Crippen LogP contribution in [-0.2, 0) is 19.4 Å². The topological polar surface area (TPSA) is 58.5 Å². The van der Waals surface area contributed by atoms with Gasteiger partial charge in [-0.05, 0) is 72.7 Å². The van der Waals surface area contributed by atoms with Crippen molar-refractivity contribution in [2.24, 2.45) is 0 Å². The molecule has 0 aliphatic carbocycles. The Morgan fingerprint density at radius 2 is 1.62 bits per heavy atom. The maximum Gasteiger partial charge on any atom is 0.573 e. The number of anilines is 1. The third kappa shape index (κ3) is 6.35. The lowest BCUT2D eigenvalue weighted by Gasteiger charge is -2.24. The maximum atomic E-state index is 12.4. The first-order valence-electron chi connectivity index (χ1n) is 10.3. The van der Waals surface area contributed by atoms with E-state index >= 15 is 0 Å². The average molecular weight is 445 g/mol. The molecule has 0 atom stereocenters. The molecule has 3 rings (SSSR count). The molecule has 0 radical (unpaired) electrons. The highest BCUT2D eigenvalue weighted by molar-refractivity contribution is 5.42. The van der Waals surface area contributed by atoms with Gasteiger partial charge in [0.05, 0.1) is 0 Å². The van der Waals surface area contributed by atoms with Gasteiger partial charge in [-0.2, -0.15) is 0 Å². The van der Waals surface area contributed by atoms with Crippen molar-refractivity contribution >= 4 is 5.95 Å². The first-order valence-corrected chi connectivity index (χ1v) is 10.3. The molecular weight excluding hydrogens is 419 g/mol. The molecule has 1 N–H and O–H groups in total. The van der Waals surface area contributed by atoms with Crippen molar-refractivity contribution in [3.05, 3.63) is 76.6 Å². The molecule has 0 fully saturated rings. The van der Waals surface area contributed by atoms with Crippen molar-refractivity contribution < 1.29 is 23.0 Å². The molecular formula is C24H26F3N3O2. The second-order valence-corrected chi connectivity index (χ2v) is 7.67. The Hall–Kier alpha value is -3.29. The normalized spacial score (nSPS) is 11.4. The van der Waals surface area contributed by atoms with Crippen molar-refractivity contribution in [3.63, 3.8) is 0 Å². The third-order valence-corrected chi connectivity index (χ3v) is 5.22. The van der Waals surface area contributed by atoms with Crippen LogP contribution < -0.4 is 9.64 Å². The SMILES string of the molecule is CCc1cnc(N(CCc2cc(C)c(O)cc2C)Cc2ccc(OC(F)(F)F)cc2)nc1. The lowest BCUT2D eigenvalue weighted by molar-refractivity contribution is -0.274. The number of aryl methyl sites for hydroxylation is 3. The Morgan fingerprint density at radius 1 is 0.969 bits per heavy atom. The minimum Gasteiger partial charge on any atom is -0.508 e. The minimum absolute atomic E-state index is 0.258. The van der Waals surface area contributed by atoms with E-state index in [1.807, 2.05) is 31.7 Å². The van der Waals surface area contributed by atoms with E-state index in [-0.39, 0.29) is 11.5 Å². The number of ether oxygens (including phenoxy) is 1. The van der Waals surface area contributed by atoms with Crippen LogP contribution in [0.3, 0.4) is 0 Å². The minimum atomic E-state index is -4.72. The molecule has 3 aromatic rings. The van der Waals surface area contributed by atoms with Gasteiger partial charge in [-0.25, -0.2) is 9.97 Å². The molecule has 2 aromatic carbocycles. The number of halogens is 3. The van der Waals surface area contributed by atoms with Crippen molar-refractivity contribution in [3.8, 4) is 11.5 Å². The molecule has 32 heavy (non-hydrogen) atoms. The Morgan fingerprint density at radius 3 is 2.22 bits per heavy atom. The summed E-state index contributed by atoms with van der Waals surface area (Å²) in [5, 5.41) is 9.91. The fourth-order valence-corrected chi connectivity index (χ4v) is 3.35. The van der Waals surface area contributed by atoms with Gasteiger partial charge in [0.15, 0.2) is 0 Å². The quantitative estimate of drug-likeness (QED) is 0.496. The van der Waals surface area contributed by atoms with E-state index in [4.69, 9.17) is 0 Å². The van der Waals surface area contributed by atoms with Crippen LogP contribution in [0, 0.1) is 13.8 Å². The highest BCUT2D eigenvalue weighted by Crippen LogP contribution is 2.25. The number of aromatic hydroxyl groups is 1. The first kappa shape index (κ1) is 23.4. The van der Waals surface area contributed by atoms with Gasteiger partial charge >= 0.3 is 6.36 Å². The Bertz CT molecular complexity index is 1040. The molecule has 0 saturated heterocycles. The van der Waals surface area contributed by atoms with Crippen LogP contribution in [0.25, 0.3) is 0 Å². The van der Waals surface area contributed by atoms with E-state index in [1.165, 1.54) is 12.1 Å². The van der Waals surface area contributed by atoms with E-state index in [2.05, 4.69) is 14.7 Å². The van der Waals surface area contributed by atoms with Gasteiger partial charge in [0, 0.05) is 25.5 Å². The van der Waals surface area contributed by atoms with Crippen LogP contribution >= 0.6 is 0 Å². The molecule has 5 nitrogen and oxygen atoms in total. The molecule has 1 heterocycles. The van der Waals surface area contributed by atoms with Gasteiger partial charge in [-0.3, -0.25) is 0 Å². The van der Waals surface area contributed by atoms with Gasteiger partial charge < -0.3 is 14.7 Å². The van der Waals surface area contributed by atoms with E-state index in [9.17, 15) is 18.3 Å². The number of aromatic nitrogens is 2. The number of alkyl halides is 3. The summed E-state index contributed by atoms with van der Waals surface area (Å²) >= 11 is 0. The third-order valence-electron chi connectivity index (χ3n) is 5.22. The number of rotatable bonds is 8. The summed E-state index contributed by atoms with van der Waals surface area (Å²) in [6.07, 6.45) is 0.369. The lowest BCUT2D eigenvalue weighted by Crippen LogP contribution is -2.27. The summed E-state index contributed by atoms with van der Waals surface area (Å²) in [6.45, 7) is 6.85. The molecule has 0 bridgehead atoms. The van der Waals surface area contributed by atoms with Crippen LogP contribution in [0.1, 0.15) is 34.7 Å². The average Bonchev–Trinajstić information content (AvgIpc) is 2.74. The van der Waals surface area contributed by atoms with E-state index < -0.39 is 6.36 Å². The highest BCUT2D eigenvalue weighted by atomic mass is 19.4. The summed E-state index contributed by atoms with van der Waals surface area (Å²) < 4.78 is 41.2. The van der Waals surface area contributed by atoms with Crippen molar-refractivity contribution in [2.45, 2.75) is 46.5 Å². The summed E-state index contributed by atoms with van der Waals surface area (Å²) in [5.41, 5.74) is 4.72. The molecule has 1 aromatic heterocycles. The molecule has 0 aliphatic rings. The summed E-state index contributed by atoms with van der Waals surface area (Å²) in [5.74, 6) is 0.556. The standard InChI is InChI=1S/C24H26F3N3O2/c1-4-18-13-28-23(29-14-18)30(10-9-20-11-17(3)22(31)12-16(20)2)15-19-5-7-21(8-6-19)32-24(25,26)27/h5-8,11-14,31H,4,9-10,15H2,1-3H3. The van der Waals surface area contributed by atoms with Crippen molar-refractivity contribution in [1.29, 1.82) is 0 Å². The van der Waals surface area contributed by atoms with Gasteiger partial charge in [0.2, 0.25) is 5.95 Å². The monoisotopic (exact) mass is 445 g/mol. The predicted octanol–water partition coefficient (Wildman–Crippen LogP) is 5.51. The summed E-state index contributed by atoms with van der Waals surface area (Å²) in [4.78, 5) is 10.9.